The van der Waals surface area contributed by atoms with Crippen LogP contribution in [0.1, 0.15) is 31.3 Å². The Hall–Kier alpha value is -3.04. The number of nitrogens with one attached hydrogen (secondary N) is 2. The van der Waals surface area contributed by atoms with Gasteiger partial charge in [-0.15, -0.1) is 11.3 Å². The Balaban J connectivity index is 1.67. The first-order valence-electron chi connectivity index (χ1n) is 8.63. The molecule has 1 aromatic heterocycles. The van der Waals surface area contributed by atoms with E-state index in [1.54, 1.807) is 25.1 Å². The van der Waals surface area contributed by atoms with Gasteiger partial charge in [0.05, 0.1) is 11.4 Å². The monoisotopic (exact) mass is 429 g/mol. The molecule has 2 amide bonds. The first kappa shape index (κ1) is 20.7. The van der Waals surface area contributed by atoms with Gasteiger partial charge in [-0.3, -0.25) is 20.4 Å². The van der Waals surface area contributed by atoms with Gasteiger partial charge in [-0.2, -0.15) is 0 Å². The van der Waals surface area contributed by atoms with Crippen molar-refractivity contribution in [3.63, 3.8) is 0 Å². The summed E-state index contributed by atoms with van der Waals surface area (Å²) in [5.74, 6) is -1.18. The molecule has 3 aromatic rings. The molecule has 0 unspecified atom stereocenters. The third-order valence-electron chi connectivity index (χ3n) is 3.93. The zero-order chi connectivity index (χ0) is 21.0. The molecule has 0 bridgehead atoms. The number of hydrazine groups is 1. The lowest BCUT2D eigenvalue weighted by atomic mass is 10.1. The molecular formula is C20H19N3O4S2. The Bertz CT molecular complexity index is 1160. The number of hydrogen-bond acceptors (Lipinski definition) is 6. The summed E-state index contributed by atoms with van der Waals surface area (Å²) in [5.41, 5.74) is 6.96. The Morgan fingerprint density at radius 3 is 2.38 bits per heavy atom. The van der Waals surface area contributed by atoms with E-state index in [0.717, 1.165) is 11.8 Å². The van der Waals surface area contributed by atoms with Crippen LogP contribution in [0.5, 0.6) is 0 Å². The van der Waals surface area contributed by atoms with Gasteiger partial charge in [0, 0.05) is 17.4 Å². The number of nitrogens with zero attached hydrogens (tertiary/aromatic N) is 1. The van der Waals surface area contributed by atoms with Crippen LogP contribution in [0, 0.1) is 6.92 Å². The van der Waals surface area contributed by atoms with Crippen LogP contribution < -0.4 is 10.9 Å². The predicted molar refractivity (Wildman–Crippen MR) is 112 cm³/mol. The van der Waals surface area contributed by atoms with Crippen LogP contribution in [0.15, 0.2) is 54.6 Å². The summed E-state index contributed by atoms with van der Waals surface area (Å²) in [5, 5.41) is 0.716. The fraction of sp³-hybridized carbons (Fsp3) is 0.150. The smallest absolute Gasteiger partial charge is 0.267 e. The highest BCUT2D eigenvalue weighted by molar-refractivity contribution is 7.89. The minimum absolute atomic E-state index is 0.164. The molecule has 0 saturated carbocycles. The van der Waals surface area contributed by atoms with Crippen LogP contribution >= 0.6 is 11.3 Å². The molecule has 7 nitrogen and oxygen atoms in total. The lowest BCUT2D eigenvalue weighted by molar-refractivity contribution is 0.0848. The lowest BCUT2D eigenvalue weighted by Crippen LogP contribution is -2.41. The van der Waals surface area contributed by atoms with Crippen LogP contribution in [0.25, 0.3) is 10.6 Å². The van der Waals surface area contributed by atoms with Gasteiger partial charge in [-0.1, -0.05) is 42.5 Å². The maximum Gasteiger partial charge on any atom is 0.281 e. The number of aromatic nitrogens is 1. The number of carbonyl (C=O) groups is 2. The second-order valence-electron chi connectivity index (χ2n) is 6.48. The van der Waals surface area contributed by atoms with Gasteiger partial charge in [-0.25, -0.2) is 13.4 Å². The first-order valence-corrected chi connectivity index (χ1v) is 11.5. The molecule has 3 rings (SSSR count). The predicted octanol–water partition coefficient (Wildman–Crippen LogP) is 2.74. The largest absolute Gasteiger partial charge is 0.281 e. The number of sulfone groups is 1. The Morgan fingerprint density at radius 1 is 1.00 bits per heavy atom. The van der Waals surface area contributed by atoms with E-state index in [4.69, 9.17) is 0 Å². The maximum absolute atomic E-state index is 12.5. The third kappa shape index (κ3) is 5.49. The Labute approximate surface area is 172 Å². The van der Waals surface area contributed by atoms with Crippen LogP contribution in [0.4, 0.5) is 0 Å². The van der Waals surface area contributed by atoms with Crippen LogP contribution in [-0.2, 0) is 15.6 Å². The number of hydrogen-bond donors (Lipinski definition) is 2. The molecule has 0 aliphatic rings. The number of carbonyl (C=O) groups excluding carboxylic acids is 2. The quantitative estimate of drug-likeness (QED) is 0.607. The Kier molecular flexibility index (Phi) is 6.09. The zero-order valence-electron chi connectivity index (χ0n) is 15.8. The highest BCUT2D eigenvalue weighted by Crippen LogP contribution is 2.27. The summed E-state index contributed by atoms with van der Waals surface area (Å²) in [6, 6.07) is 15.7. The van der Waals surface area contributed by atoms with Crippen molar-refractivity contribution in [1.82, 2.24) is 15.8 Å². The fourth-order valence-electron chi connectivity index (χ4n) is 2.66. The minimum atomic E-state index is -3.21. The summed E-state index contributed by atoms with van der Waals surface area (Å²) in [7, 11) is -3.21. The number of amides is 2. The molecule has 9 heteroatoms. The van der Waals surface area contributed by atoms with Gasteiger partial charge in [0.1, 0.15) is 9.88 Å². The number of thiazole rings is 1. The lowest BCUT2D eigenvalue weighted by Gasteiger charge is -2.08. The Morgan fingerprint density at radius 2 is 1.69 bits per heavy atom. The van der Waals surface area contributed by atoms with Crippen LogP contribution in [0.3, 0.4) is 0 Å². The van der Waals surface area contributed by atoms with Crippen molar-refractivity contribution in [3.8, 4) is 10.6 Å². The summed E-state index contributed by atoms with van der Waals surface area (Å²) in [4.78, 5) is 29.6. The molecule has 0 saturated heterocycles. The molecular weight excluding hydrogens is 410 g/mol. The van der Waals surface area contributed by atoms with E-state index in [-0.39, 0.29) is 11.3 Å². The molecule has 0 atom stereocenters. The van der Waals surface area contributed by atoms with Crippen molar-refractivity contribution in [3.05, 3.63) is 76.3 Å². The zero-order valence-corrected chi connectivity index (χ0v) is 17.4. The molecule has 0 aliphatic heterocycles. The van der Waals surface area contributed by atoms with Crippen LogP contribution in [0.2, 0.25) is 0 Å². The second kappa shape index (κ2) is 8.54. The number of aryl methyl sites for hydroxylation is 1. The van der Waals surface area contributed by atoms with Crippen molar-refractivity contribution >= 4 is 33.0 Å². The third-order valence-corrected chi connectivity index (χ3v) is 5.99. The van der Waals surface area contributed by atoms with E-state index in [1.165, 1.54) is 17.4 Å². The summed E-state index contributed by atoms with van der Waals surface area (Å²) in [6.07, 6.45) is 1.13. The van der Waals surface area contributed by atoms with Crippen LogP contribution in [-0.4, -0.2) is 31.5 Å². The first-order chi connectivity index (χ1) is 13.7. The highest BCUT2D eigenvalue weighted by Gasteiger charge is 2.17. The van der Waals surface area contributed by atoms with E-state index in [9.17, 15) is 18.0 Å². The van der Waals surface area contributed by atoms with Gasteiger partial charge in [-0.05, 0) is 24.6 Å². The van der Waals surface area contributed by atoms with Gasteiger partial charge >= 0.3 is 0 Å². The average Bonchev–Trinajstić information content (AvgIpc) is 3.07. The molecule has 1 heterocycles. The normalized spacial score (nSPS) is 11.1. The van der Waals surface area contributed by atoms with Crippen molar-refractivity contribution < 1.29 is 18.0 Å². The molecule has 2 N–H and O–H groups in total. The molecule has 150 valence electrons. The molecule has 2 aromatic carbocycles. The summed E-state index contributed by atoms with van der Waals surface area (Å²) < 4.78 is 22.9. The maximum atomic E-state index is 12.5. The van der Waals surface area contributed by atoms with E-state index in [1.807, 2.05) is 30.3 Å². The van der Waals surface area contributed by atoms with Crippen molar-refractivity contribution in [2.45, 2.75) is 12.7 Å². The van der Waals surface area contributed by atoms with E-state index < -0.39 is 21.7 Å². The molecule has 0 spiro atoms. The molecule has 0 radical (unpaired) electrons. The van der Waals surface area contributed by atoms with Crippen molar-refractivity contribution in [2.75, 3.05) is 6.26 Å². The van der Waals surface area contributed by atoms with E-state index in [2.05, 4.69) is 15.8 Å². The standard InChI is InChI=1S/C20H19N3O4S2/c1-13-17(28-20(21-13)15-8-4-3-5-9-15)19(25)23-22-18(24)16-10-6-7-14(11-16)12-29(2,26)27/h3-11H,12H2,1-2H3,(H,22,24)(H,23,25). The van der Waals surface area contributed by atoms with Gasteiger partial charge in [0.15, 0.2) is 9.84 Å². The topological polar surface area (TPSA) is 105 Å². The van der Waals surface area contributed by atoms with E-state index in [0.29, 0.717) is 21.1 Å². The van der Waals surface area contributed by atoms with Gasteiger partial charge < -0.3 is 0 Å². The van der Waals surface area contributed by atoms with Gasteiger partial charge in [0.25, 0.3) is 11.8 Å². The summed E-state index contributed by atoms with van der Waals surface area (Å²) >= 11 is 1.24. The van der Waals surface area contributed by atoms with Crippen molar-refractivity contribution in [1.29, 1.82) is 0 Å². The van der Waals surface area contributed by atoms with E-state index >= 15 is 0 Å². The average molecular weight is 430 g/mol. The molecule has 29 heavy (non-hydrogen) atoms. The second-order valence-corrected chi connectivity index (χ2v) is 9.62. The fourth-order valence-corrected chi connectivity index (χ4v) is 4.41. The molecule has 0 aliphatic carbocycles. The van der Waals surface area contributed by atoms with Crippen molar-refractivity contribution in [2.24, 2.45) is 0 Å². The summed E-state index contributed by atoms with van der Waals surface area (Å²) in [6.45, 7) is 1.73. The number of benzene rings is 2. The minimum Gasteiger partial charge on any atom is -0.267 e. The highest BCUT2D eigenvalue weighted by atomic mass is 32.2. The molecule has 0 fully saturated rings. The number of rotatable bonds is 5. The SMILES string of the molecule is Cc1nc(-c2ccccc2)sc1C(=O)NNC(=O)c1cccc(CS(C)(=O)=O)c1. The van der Waals surface area contributed by atoms with Gasteiger partial charge in [0.2, 0.25) is 0 Å².